The molecule has 0 bridgehead atoms. The summed E-state index contributed by atoms with van der Waals surface area (Å²) in [5.41, 5.74) is 0. The first-order valence-electron chi connectivity index (χ1n) is 14.6. The van der Waals surface area contributed by atoms with Gasteiger partial charge in [-0.1, -0.05) is 91.0 Å². The van der Waals surface area contributed by atoms with Gasteiger partial charge in [-0.05, 0) is 77.4 Å². The first-order chi connectivity index (χ1) is 17.3. The molecule has 0 saturated carbocycles. The molecule has 4 unspecified atom stereocenters. The van der Waals surface area contributed by atoms with E-state index in [2.05, 4.69) is 137 Å². The van der Waals surface area contributed by atoms with E-state index in [4.69, 9.17) is 18.0 Å². The highest BCUT2D eigenvalue weighted by Crippen LogP contribution is 2.45. The molecule has 1 N–H and O–H groups in total. The Bertz CT molecular complexity index is 824. The lowest BCUT2D eigenvalue weighted by Crippen LogP contribution is -2.67. The molecular weight excluding hydrogens is 651 g/mol. The van der Waals surface area contributed by atoms with Crippen molar-refractivity contribution in [3.63, 3.8) is 0 Å². The minimum atomic E-state index is -2.28. The number of aliphatic hydroxyl groups is 1. The maximum absolute atomic E-state index is 11.9. The highest BCUT2D eigenvalue weighted by molar-refractivity contribution is 14.1. The molecule has 0 aliphatic carbocycles. The van der Waals surface area contributed by atoms with Gasteiger partial charge in [-0.25, -0.2) is 0 Å². The van der Waals surface area contributed by atoms with Gasteiger partial charge in [-0.15, -0.1) is 6.58 Å². The van der Waals surface area contributed by atoms with Gasteiger partial charge in [0.1, 0.15) is 24.4 Å². The normalized spacial score (nSPS) is 27.2. The number of aliphatic hydroxyl groups excluding tert-OH is 1. The minimum Gasteiger partial charge on any atom is -0.408 e. The first kappa shape index (κ1) is 37.7. The van der Waals surface area contributed by atoms with E-state index < -0.39 is 55.5 Å². The number of hydrogen-bond donors (Lipinski definition) is 1. The van der Waals surface area contributed by atoms with Crippen molar-refractivity contribution in [3.8, 4) is 0 Å². The molecule has 1 aliphatic rings. The number of rotatable bonds is 11. The van der Waals surface area contributed by atoms with Crippen LogP contribution in [0.15, 0.2) is 22.8 Å². The maximum Gasteiger partial charge on any atom is 0.193 e. The summed E-state index contributed by atoms with van der Waals surface area (Å²) in [5.74, 6) is 0. The van der Waals surface area contributed by atoms with Gasteiger partial charge in [0.25, 0.3) is 0 Å². The van der Waals surface area contributed by atoms with Gasteiger partial charge in [-0.2, -0.15) is 0 Å². The van der Waals surface area contributed by atoms with Crippen LogP contribution in [0.4, 0.5) is 0 Å². The second kappa shape index (κ2) is 13.5. The van der Waals surface area contributed by atoms with Gasteiger partial charge in [0, 0.05) is 0 Å². The summed E-state index contributed by atoms with van der Waals surface area (Å²) in [6.07, 6.45) is 2.53. The molecule has 1 saturated heterocycles. The van der Waals surface area contributed by atoms with Gasteiger partial charge in [-0.3, -0.25) is 0 Å². The van der Waals surface area contributed by atoms with Gasteiger partial charge in [0.05, 0.1) is 12.2 Å². The average molecular weight is 713 g/mol. The predicted molar refractivity (Wildman–Crippen MR) is 183 cm³/mol. The zero-order valence-electron chi connectivity index (χ0n) is 27.8. The first-order valence-corrected chi connectivity index (χ1v) is 24.5. The second-order valence-corrected chi connectivity index (χ2v) is 30.8. The Balaban J connectivity index is 3.82. The molecule has 0 aromatic carbocycles. The lowest BCUT2D eigenvalue weighted by atomic mass is 9.90. The van der Waals surface area contributed by atoms with Crippen molar-refractivity contribution in [2.75, 3.05) is 0 Å². The zero-order valence-corrected chi connectivity index (χ0v) is 32.9. The molecule has 230 valence electrons. The van der Waals surface area contributed by atoms with Crippen molar-refractivity contribution in [2.24, 2.45) is 0 Å². The van der Waals surface area contributed by atoms with Crippen LogP contribution in [0.1, 0.15) is 75.2 Å². The number of ether oxygens (including phenoxy) is 1. The van der Waals surface area contributed by atoms with Crippen LogP contribution in [0, 0.1) is 0 Å². The molecule has 0 radical (unpaired) electrons. The van der Waals surface area contributed by atoms with E-state index in [-0.39, 0.29) is 21.2 Å². The van der Waals surface area contributed by atoms with Crippen molar-refractivity contribution >= 4 is 47.5 Å². The molecule has 5 nitrogen and oxygen atoms in total. The third-order valence-electron chi connectivity index (χ3n) is 9.65. The van der Waals surface area contributed by atoms with Gasteiger partial charge < -0.3 is 23.1 Å². The Morgan fingerprint density at radius 3 is 1.64 bits per heavy atom. The molecule has 0 amide bonds. The van der Waals surface area contributed by atoms with Crippen LogP contribution in [0.3, 0.4) is 0 Å². The molecule has 1 rings (SSSR count). The molecular formula is C30H61IO5Si3. The van der Waals surface area contributed by atoms with Crippen LogP contribution in [0.25, 0.3) is 0 Å². The topological polar surface area (TPSA) is 57.2 Å². The van der Waals surface area contributed by atoms with Crippen molar-refractivity contribution < 1.29 is 23.1 Å². The Morgan fingerprint density at radius 1 is 0.821 bits per heavy atom. The van der Waals surface area contributed by atoms with Crippen LogP contribution in [0.5, 0.6) is 0 Å². The predicted octanol–water partition coefficient (Wildman–Crippen LogP) is 9.20. The molecule has 1 aliphatic heterocycles. The summed E-state index contributed by atoms with van der Waals surface area (Å²) < 4.78 is 30.2. The monoisotopic (exact) mass is 712 g/mol. The molecule has 9 heteroatoms. The Hall–Kier alpha value is 0.661. The number of hydrogen-bond acceptors (Lipinski definition) is 5. The Morgan fingerprint density at radius 2 is 1.26 bits per heavy atom. The van der Waals surface area contributed by atoms with Crippen LogP contribution < -0.4 is 0 Å². The second-order valence-electron chi connectivity index (χ2n) is 15.8. The smallest absolute Gasteiger partial charge is 0.193 e. The van der Waals surface area contributed by atoms with Crippen molar-refractivity contribution in [1.82, 2.24) is 0 Å². The third kappa shape index (κ3) is 9.58. The average Bonchev–Trinajstić information content (AvgIpc) is 2.72. The molecule has 6 atom stereocenters. The van der Waals surface area contributed by atoms with Crippen molar-refractivity contribution in [1.29, 1.82) is 0 Å². The summed E-state index contributed by atoms with van der Waals surface area (Å²) in [5, 5.41) is 11.9. The number of allylic oxidation sites excluding steroid dienone is 1. The van der Waals surface area contributed by atoms with E-state index in [1.807, 2.05) is 10.2 Å². The van der Waals surface area contributed by atoms with Gasteiger partial charge in [0.2, 0.25) is 0 Å². The van der Waals surface area contributed by atoms with E-state index in [0.29, 0.717) is 6.42 Å². The zero-order chi connectivity index (χ0) is 30.8. The fourth-order valence-corrected chi connectivity index (χ4v) is 8.11. The lowest BCUT2D eigenvalue weighted by molar-refractivity contribution is -0.229. The summed E-state index contributed by atoms with van der Waals surface area (Å²) in [7, 11) is -6.72. The lowest BCUT2D eigenvalue weighted by Gasteiger charge is -2.54. The molecule has 39 heavy (non-hydrogen) atoms. The van der Waals surface area contributed by atoms with E-state index in [9.17, 15) is 5.11 Å². The van der Waals surface area contributed by atoms with E-state index in [0.717, 1.165) is 6.42 Å². The third-order valence-corrected chi connectivity index (χ3v) is 23.5. The van der Waals surface area contributed by atoms with Gasteiger partial charge >= 0.3 is 0 Å². The molecule has 1 heterocycles. The molecule has 1 fully saturated rings. The minimum absolute atomic E-state index is 0.0153. The maximum atomic E-state index is 11.9. The van der Waals surface area contributed by atoms with E-state index in [1.54, 1.807) is 0 Å². The van der Waals surface area contributed by atoms with E-state index in [1.165, 1.54) is 0 Å². The summed E-state index contributed by atoms with van der Waals surface area (Å²) in [4.78, 5) is 0. The Kier molecular flexibility index (Phi) is 13.1. The fraction of sp³-hybridized carbons (Fsp3) is 0.867. The van der Waals surface area contributed by atoms with Crippen LogP contribution in [-0.2, 0) is 18.0 Å². The highest BCUT2D eigenvalue weighted by atomic mass is 127. The molecule has 0 spiro atoms. The van der Waals surface area contributed by atoms with Crippen molar-refractivity contribution in [2.45, 2.75) is 166 Å². The van der Waals surface area contributed by atoms with Crippen molar-refractivity contribution in [3.05, 3.63) is 22.8 Å². The van der Waals surface area contributed by atoms with Gasteiger partial charge in [0.15, 0.2) is 25.0 Å². The molecule has 0 aromatic heterocycles. The standard InChI is InChI=1S/C30H61IO5Si3/c1-17-18-19-22-24(32)26(35-38(13,14)29(5,6)7)27(36-39(15,16)30(8,9)10)25(33-22)23(20-21-31)34-37(11,12)28(2,3)4/h17,20-27,32H,1,18-19H2,2-16H3/b21-20+/t22-,23?,24?,25-,26?,27?/m0/s1. The summed E-state index contributed by atoms with van der Waals surface area (Å²) in [6.45, 7) is 37.8. The summed E-state index contributed by atoms with van der Waals surface area (Å²) >= 11 is 2.27. The largest absolute Gasteiger partial charge is 0.408 e. The fourth-order valence-electron chi connectivity index (χ4n) is 3.85. The van der Waals surface area contributed by atoms with E-state index >= 15 is 0 Å². The SMILES string of the molecule is C=CCC[C@@H]1O[C@@H](C(/C=C/I)O[Si](C)(C)C(C)(C)C)C(O[Si](C)(C)C(C)(C)C)C(O[Si](C)(C)C(C)(C)C)C1O. The Labute approximate surface area is 258 Å². The molecule has 0 aromatic rings. The quantitative estimate of drug-likeness (QED) is 0.132. The van der Waals surface area contributed by atoms with Crippen LogP contribution >= 0.6 is 22.6 Å². The summed E-state index contributed by atoms with van der Waals surface area (Å²) in [6, 6.07) is 0. The highest BCUT2D eigenvalue weighted by Gasteiger charge is 2.55. The van der Waals surface area contributed by atoms with Crippen LogP contribution in [0.2, 0.25) is 54.4 Å². The number of halogens is 1. The van der Waals surface area contributed by atoms with Crippen LogP contribution in [-0.4, -0.2) is 66.7 Å².